The lowest BCUT2D eigenvalue weighted by molar-refractivity contribution is 0.240. The van der Waals surface area contributed by atoms with E-state index >= 15 is 0 Å². The third-order valence-electron chi connectivity index (χ3n) is 4.93. The van der Waals surface area contributed by atoms with Gasteiger partial charge in [0.15, 0.2) is 5.11 Å². The van der Waals surface area contributed by atoms with Crippen molar-refractivity contribution in [2.24, 2.45) is 0 Å². The maximum absolute atomic E-state index is 13.2. The molecule has 4 heteroatoms. The first-order chi connectivity index (χ1) is 12.1. The highest BCUT2D eigenvalue weighted by Gasteiger charge is 2.23. The molecule has 0 spiro atoms. The van der Waals surface area contributed by atoms with Gasteiger partial charge in [-0.15, -0.1) is 0 Å². The number of nitrogens with one attached hydrogen (secondary N) is 1. The molecule has 2 nitrogen and oxygen atoms in total. The molecular formula is C21H25FN2S. The summed E-state index contributed by atoms with van der Waals surface area (Å²) in [6, 6.07) is 15.4. The van der Waals surface area contributed by atoms with Gasteiger partial charge in [0.25, 0.3) is 0 Å². The van der Waals surface area contributed by atoms with Gasteiger partial charge in [-0.3, -0.25) is 0 Å². The van der Waals surface area contributed by atoms with Crippen molar-refractivity contribution in [3.63, 3.8) is 0 Å². The molecule has 1 saturated carbocycles. The summed E-state index contributed by atoms with van der Waals surface area (Å²) in [4.78, 5) is 2.29. The minimum atomic E-state index is -0.200. The molecule has 0 atom stereocenters. The normalized spacial score (nSPS) is 15.0. The van der Waals surface area contributed by atoms with E-state index in [0.29, 0.717) is 12.6 Å². The monoisotopic (exact) mass is 356 g/mol. The molecule has 2 aromatic carbocycles. The van der Waals surface area contributed by atoms with E-state index in [1.807, 2.05) is 24.3 Å². The maximum atomic E-state index is 13.2. The Kier molecular flexibility index (Phi) is 6.03. The SMILES string of the molecule is Cc1ccccc1NC(=S)N(Cc1ccc(F)cc1)C1CCCCC1. The predicted octanol–water partition coefficient (Wildman–Crippen LogP) is 5.67. The van der Waals surface area contributed by atoms with Gasteiger partial charge in [-0.1, -0.05) is 49.6 Å². The van der Waals surface area contributed by atoms with Crippen molar-refractivity contribution in [3.8, 4) is 0 Å². The molecule has 0 bridgehead atoms. The molecule has 2 aromatic rings. The van der Waals surface area contributed by atoms with Crippen LogP contribution in [0.5, 0.6) is 0 Å². The summed E-state index contributed by atoms with van der Waals surface area (Å²) in [5, 5.41) is 4.18. The Labute approximate surface area is 155 Å². The molecule has 1 aliphatic rings. The summed E-state index contributed by atoms with van der Waals surface area (Å²) < 4.78 is 13.2. The lowest BCUT2D eigenvalue weighted by Gasteiger charge is -2.36. The van der Waals surface area contributed by atoms with Crippen molar-refractivity contribution in [2.75, 3.05) is 5.32 Å². The third kappa shape index (κ3) is 4.79. The van der Waals surface area contributed by atoms with E-state index < -0.39 is 0 Å². The summed E-state index contributed by atoms with van der Waals surface area (Å²) in [5.74, 6) is -0.200. The van der Waals surface area contributed by atoms with Crippen molar-refractivity contribution >= 4 is 23.0 Å². The lowest BCUT2D eigenvalue weighted by atomic mass is 9.94. The summed E-state index contributed by atoms with van der Waals surface area (Å²) in [7, 11) is 0. The van der Waals surface area contributed by atoms with Crippen LogP contribution in [-0.2, 0) is 6.54 Å². The molecule has 0 unspecified atom stereocenters. The number of rotatable bonds is 4. The molecule has 25 heavy (non-hydrogen) atoms. The Morgan fingerprint density at radius 2 is 1.76 bits per heavy atom. The number of benzene rings is 2. The van der Waals surface area contributed by atoms with Gasteiger partial charge in [-0.05, 0) is 61.3 Å². The van der Waals surface area contributed by atoms with Gasteiger partial charge < -0.3 is 10.2 Å². The first kappa shape index (κ1) is 17.9. The van der Waals surface area contributed by atoms with Crippen LogP contribution in [0.2, 0.25) is 0 Å². The first-order valence-corrected chi connectivity index (χ1v) is 9.42. The number of hydrogen-bond acceptors (Lipinski definition) is 1. The zero-order chi connectivity index (χ0) is 17.6. The minimum Gasteiger partial charge on any atom is -0.342 e. The third-order valence-corrected chi connectivity index (χ3v) is 5.27. The van der Waals surface area contributed by atoms with Crippen LogP contribution >= 0.6 is 12.2 Å². The van der Waals surface area contributed by atoms with Crippen molar-refractivity contribution in [1.29, 1.82) is 0 Å². The van der Waals surface area contributed by atoms with E-state index in [1.165, 1.54) is 37.0 Å². The molecule has 1 fully saturated rings. The van der Waals surface area contributed by atoms with Crippen LogP contribution in [0.1, 0.15) is 43.2 Å². The number of halogens is 1. The number of nitrogens with zero attached hydrogens (tertiary/aromatic N) is 1. The van der Waals surface area contributed by atoms with Gasteiger partial charge >= 0.3 is 0 Å². The Balaban J connectivity index is 1.78. The Bertz CT molecular complexity index is 708. The molecule has 0 radical (unpaired) electrons. The summed E-state index contributed by atoms with van der Waals surface area (Å²) >= 11 is 5.76. The summed E-state index contributed by atoms with van der Waals surface area (Å²) in [5.41, 5.74) is 3.31. The van der Waals surface area contributed by atoms with Crippen LogP contribution in [0.15, 0.2) is 48.5 Å². The van der Waals surface area contributed by atoms with E-state index in [9.17, 15) is 4.39 Å². The molecule has 0 aromatic heterocycles. The second kappa shape index (κ2) is 8.43. The zero-order valence-electron chi connectivity index (χ0n) is 14.7. The van der Waals surface area contributed by atoms with Gasteiger partial charge in [0, 0.05) is 18.3 Å². The predicted molar refractivity (Wildman–Crippen MR) is 106 cm³/mol. The average molecular weight is 357 g/mol. The molecule has 0 saturated heterocycles. The molecule has 0 amide bonds. The molecule has 0 heterocycles. The Hall–Kier alpha value is -1.94. The number of hydrogen-bond donors (Lipinski definition) is 1. The number of aryl methyl sites for hydroxylation is 1. The highest BCUT2D eigenvalue weighted by Crippen LogP contribution is 2.25. The van der Waals surface area contributed by atoms with Crippen molar-refractivity contribution in [1.82, 2.24) is 4.90 Å². The Morgan fingerprint density at radius 3 is 2.44 bits per heavy atom. The van der Waals surface area contributed by atoms with Crippen LogP contribution in [-0.4, -0.2) is 16.1 Å². The van der Waals surface area contributed by atoms with Crippen LogP contribution in [0.4, 0.5) is 10.1 Å². The molecule has 132 valence electrons. The Morgan fingerprint density at radius 1 is 1.08 bits per heavy atom. The van der Waals surface area contributed by atoms with Gasteiger partial charge in [0.2, 0.25) is 0 Å². The zero-order valence-corrected chi connectivity index (χ0v) is 15.5. The van der Waals surface area contributed by atoms with Crippen LogP contribution in [0.25, 0.3) is 0 Å². The number of thiocarbonyl (C=S) groups is 1. The highest BCUT2D eigenvalue weighted by atomic mass is 32.1. The quantitative estimate of drug-likeness (QED) is 0.711. The van der Waals surface area contributed by atoms with Crippen molar-refractivity contribution in [2.45, 2.75) is 51.6 Å². The standard InChI is InChI=1S/C21H25FN2S/c1-16-7-5-6-10-20(16)23-21(25)24(19-8-3-2-4-9-19)15-17-11-13-18(22)14-12-17/h5-7,10-14,19H,2-4,8-9,15H2,1H3,(H,23,25). The minimum absolute atomic E-state index is 0.200. The molecule has 3 rings (SSSR count). The van der Waals surface area contributed by atoms with E-state index in [0.717, 1.165) is 29.2 Å². The smallest absolute Gasteiger partial charge is 0.173 e. The topological polar surface area (TPSA) is 15.3 Å². The van der Waals surface area contributed by atoms with E-state index in [2.05, 4.69) is 29.3 Å². The maximum Gasteiger partial charge on any atom is 0.173 e. The van der Waals surface area contributed by atoms with E-state index in [-0.39, 0.29) is 5.82 Å². The van der Waals surface area contributed by atoms with Gasteiger partial charge in [-0.2, -0.15) is 0 Å². The largest absolute Gasteiger partial charge is 0.342 e. The second-order valence-electron chi connectivity index (χ2n) is 6.79. The molecule has 1 aliphatic carbocycles. The fourth-order valence-corrected chi connectivity index (χ4v) is 3.77. The second-order valence-corrected chi connectivity index (χ2v) is 7.18. The first-order valence-electron chi connectivity index (χ1n) is 9.01. The molecule has 1 N–H and O–H groups in total. The molecular weight excluding hydrogens is 331 g/mol. The van der Waals surface area contributed by atoms with Crippen LogP contribution < -0.4 is 5.32 Å². The summed E-state index contributed by atoms with van der Waals surface area (Å²) in [6.07, 6.45) is 6.13. The highest BCUT2D eigenvalue weighted by molar-refractivity contribution is 7.80. The average Bonchev–Trinajstić information content (AvgIpc) is 2.64. The van der Waals surface area contributed by atoms with Crippen LogP contribution in [0, 0.1) is 12.7 Å². The van der Waals surface area contributed by atoms with Crippen molar-refractivity contribution < 1.29 is 4.39 Å². The fraction of sp³-hybridized carbons (Fsp3) is 0.381. The van der Waals surface area contributed by atoms with Gasteiger partial charge in [0.1, 0.15) is 5.82 Å². The summed E-state index contributed by atoms with van der Waals surface area (Å²) in [6.45, 7) is 2.79. The number of anilines is 1. The fourth-order valence-electron chi connectivity index (χ4n) is 3.45. The van der Waals surface area contributed by atoms with E-state index in [4.69, 9.17) is 12.2 Å². The van der Waals surface area contributed by atoms with Gasteiger partial charge in [-0.25, -0.2) is 4.39 Å². The lowest BCUT2D eigenvalue weighted by Crippen LogP contribution is -2.43. The molecule has 0 aliphatic heterocycles. The van der Waals surface area contributed by atoms with Crippen LogP contribution in [0.3, 0.4) is 0 Å². The van der Waals surface area contributed by atoms with E-state index in [1.54, 1.807) is 0 Å². The number of para-hydroxylation sites is 1. The van der Waals surface area contributed by atoms with Gasteiger partial charge in [0.05, 0.1) is 0 Å². The van der Waals surface area contributed by atoms with Crippen molar-refractivity contribution in [3.05, 3.63) is 65.5 Å².